The van der Waals surface area contributed by atoms with Gasteiger partial charge in [0.2, 0.25) is 11.8 Å². The second-order valence-corrected chi connectivity index (χ2v) is 13.1. The van der Waals surface area contributed by atoms with Crippen LogP contribution in [0.4, 0.5) is 5.69 Å². The van der Waals surface area contributed by atoms with Gasteiger partial charge in [0.15, 0.2) is 11.5 Å². The van der Waals surface area contributed by atoms with Crippen molar-refractivity contribution in [1.29, 1.82) is 0 Å². The lowest BCUT2D eigenvalue weighted by Gasteiger charge is -2.33. The van der Waals surface area contributed by atoms with Gasteiger partial charge in [0.25, 0.3) is 10.0 Å². The zero-order chi connectivity index (χ0) is 32.6. The molecule has 0 aromatic heterocycles. The van der Waals surface area contributed by atoms with Gasteiger partial charge in [-0.3, -0.25) is 13.9 Å². The van der Waals surface area contributed by atoms with Gasteiger partial charge in [-0.25, -0.2) is 8.42 Å². The van der Waals surface area contributed by atoms with Gasteiger partial charge >= 0.3 is 0 Å². The standard InChI is InChI=1S/C34H36BrN3O6S/c1-24-10-17-29(18-11-24)45(41,42)38(28-16-19-31(43-3)32(21-28)44-4)23-33(39)37(22-26-12-14-27(35)15-13-26)30(34(40)36-2)20-25-8-6-5-7-9-25/h5-19,21,30H,20,22-23H2,1-4H3,(H,36,40). The van der Waals surface area contributed by atoms with E-state index in [-0.39, 0.29) is 29.5 Å². The molecule has 0 radical (unpaired) electrons. The molecular weight excluding hydrogens is 658 g/mol. The number of benzene rings is 4. The Morgan fingerprint density at radius 2 is 1.49 bits per heavy atom. The highest BCUT2D eigenvalue weighted by Gasteiger charge is 2.34. The molecule has 45 heavy (non-hydrogen) atoms. The van der Waals surface area contributed by atoms with Crippen LogP contribution in [0.1, 0.15) is 16.7 Å². The normalized spacial score (nSPS) is 11.8. The molecule has 0 bridgehead atoms. The van der Waals surface area contributed by atoms with Crippen LogP contribution in [-0.2, 0) is 32.6 Å². The largest absolute Gasteiger partial charge is 0.493 e. The van der Waals surface area contributed by atoms with E-state index in [0.717, 1.165) is 25.5 Å². The van der Waals surface area contributed by atoms with Crippen molar-refractivity contribution in [1.82, 2.24) is 10.2 Å². The molecule has 1 atom stereocenters. The highest BCUT2D eigenvalue weighted by molar-refractivity contribution is 9.10. The number of amides is 2. The lowest BCUT2D eigenvalue weighted by Crippen LogP contribution is -2.53. The van der Waals surface area contributed by atoms with Gasteiger partial charge in [0.05, 0.1) is 24.8 Å². The lowest BCUT2D eigenvalue weighted by atomic mass is 10.0. The first kappa shape index (κ1) is 33.5. The molecule has 0 fully saturated rings. The Labute approximate surface area is 273 Å². The summed E-state index contributed by atoms with van der Waals surface area (Å²) in [5.74, 6) is -0.235. The Kier molecular flexibility index (Phi) is 11.2. The van der Waals surface area contributed by atoms with Gasteiger partial charge in [-0.1, -0.05) is 76.1 Å². The van der Waals surface area contributed by atoms with Gasteiger partial charge in [-0.15, -0.1) is 0 Å². The number of nitrogens with one attached hydrogen (secondary N) is 1. The van der Waals surface area contributed by atoms with Gasteiger partial charge in [-0.2, -0.15) is 0 Å². The average molecular weight is 695 g/mol. The Morgan fingerprint density at radius 1 is 0.844 bits per heavy atom. The topological polar surface area (TPSA) is 105 Å². The maximum atomic E-state index is 14.4. The number of rotatable bonds is 13. The Morgan fingerprint density at radius 3 is 2.09 bits per heavy atom. The molecule has 0 saturated heterocycles. The van der Waals surface area contributed by atoms with Crippen LogP contribution in [0.3, 0.4) is 0 Å². The SMILES string of the molecule is CNC(=O)C(Cc1ccccc1)N(Cc1ccc(Br)cc1)C(=O)CN(c1ccc(OC)c(OC)c1)S(=O)(=O)c1ccc(C)cc1. The predicted octanol–water partition coefficient (Wildman–Crippen LogP) is 5.36. The van der Waals surface area contributed by atoms with Crippen LogP contribution in [0.15, 0.2) is 106 Å². The third-order valence-corrected chi connectivity index (χ3v) is 9.64. The molecular formula is C34H36BrN3O6S. The molecule has 11 heteroatoms. The third kappa shape index (κ3) is 8.23. The van der Waals surface area contributed by atoms with Crippen molar-refractivity contribution in [3.05, 3.63) is 118 Å². The highest BCUT2D eigenvalue weighted by Crippen LogP contribution is 2.34. The first-order valence-electron chi connectivity index (χ1n) is 14.2. The number of methoxy groups -OCH3 is 2. The summed E-state index contributed by atoms with van der Waals surface area (Å²) in [4.78, 5) is 29.3. The third-order valence-electron chi connectivity index (χ3n) is 7.33. The van der Waals surface area contributed by atoms with E-state index in [1.165, 1.54) is 44.4 Å². The number of likely N-dealkylation sites (N-methyl/N-ethyl adjacent to an activating group) is 1. The summed E-state index contributed by atoms with van der Waals surface area (Å²) in [6.45, 7) is 1.35. The molecule has 0 spiro atoms. The van der Waals surface area contributed by atoms with E-state index in [1.54, 1.807) is 24.3 Å². The van der Waals surface area contributed by atoms with Crippen molar-refractivity contribution in [2.75, 3.05) is 32.1 Å². The monoisotopic (exact) mass is 693 g/mol. The molecule has 0 saturated carbocycles. The minimum absolute atomic E-state index is 0.0160. The number of carbonyl (C=O) groups is 2. The number of halogens is 1. The first-order chi connectivity index (χ1) is 21.6. The molecule has 4 rings (SSSR count). The van der Waals surface area contributed by atoms with Crippen molar-refractivity contribution in [2.45, 2.75) is 30.8 Å². The molecule has 1 N–H and O–H groups in total. The van der Waals surface area contributed by atoms with Crippen LogP contribution in [0.2, 0.25) is 0 Å². The number of hydrogen-bond donors (Lipinski definition) is 1. The van der Waals surface area contributed by atoms with Crippen molar-refractivity contribution in [2.24, 2.45) is 0 Å². The van der Waals surface area contributed by atoms with Crippen LogP contribution in [-0.4, -0.2) is 59.0 Å². The molecule has 0 aliphatic heterocycles. The lowest BCUT2D eigenvalue weighted by molar-refractivity contribution is -0.139. The summed E-state index contributed by atoms with van der Waals surface area (Å²) in [6.07, 6.45) is 0.226. The summed E-state index contributed by atoms with van der Waals surface area (Å²) in [7, 11) is 0.191. The van der Waals surface area contributed by atoms with Crippen molar-refractivity contribution in [3.8, 4) is 11.5 Å². The number of aryl methyl sites for hydroxylation is 1. The fourth-order valence-electron chi connectivity index (χ4n) is 4.85. The smallest absolute Gasteiger partial charge is 0.264 e. The van der Waals surface area contributed by atoms with E-state index in [1.807, 2.05) is 61.5 Å². The predicted molar refractivity (Wildman–Crippen MR) is 178 cm³/mol. The second-order valence-electron chi connectivity index (χ2n) is 10.3. The van der Waals surface area contributed by atoms with Crippen molar-refractivity contribution < 1.29 is 27.5 Å². The molecule has 4 aromatic rings. The summed E-state index contributed by atoms with van der Waals surface area (Å²) < 4.78 is 41.1. The molecule has 1 unspecified atom stereocenters. The minimum Gasteiger partial charge on any atom is -0.493 e. The summed E-state index contributed by atoms with van der Waals surface area (Å²) >= 11 is 3.44. The Balaban J connectivity index is 1.82. The van der Waals surface area contributed by atoms with E-state index >= 15 is 0 Å². The molecule has 236 valence electrons. The maximum absolute atomic E-state index is 14.4. The Hall–Kier alpha value is -4.35. The molecule has 9 nitrogen and oxygen atoms in total. The molecule has 4 aromatic carbocycles. The number of carbonyl (C=O) groups excluding carboxylic acids is 2. The second kappa shape index (κ2) is 15.1. The fourth-order valence-corrected chi connectivity index (χ4v) is 6.52. The molecule has 0 heterocycles. The summed E-state index contributed by atoms with van der Waals surface area (Å²) in [6, 6.07) is 26.9. The van der Waals surface area contributed by atoms with E-state index in [9.17, 15) is 18.0 Å². The van der Waals surface area contributed by atoms with Gasteiger partial charge in [-0.05, 0) is 54.4 Å². The van der Waals surface area contributed by atoms with Gasteiger partial charge in [0, 0.05) is 30.6 Å². The van der Waals surface area contributed by atoms with Gasteiger partial charge in [0.1, 0.15) is 12.6 Å². The number of anilines is 1. The van der Waals surface area contributed by atoms with Crippen LogP contribution in [0, 0.1) is 6.92 Å². The van der Waals surface area contributed by atoms with E-state index < -0.39 is 28.5 Å². The van der Waals surface area contributed by atoms with Crippen LogP contribution in [0.5, 0.6) is 11.5 Å². The zero-order valence-electron chi connectivity index (χ0n) is 25.6. The zero-order valence-corrected chi connectivity index (χ0v) is 28.0. The molecule has 2 amide bonds. The van der Waals surface area contributed by atoms with Crippen molar-refractivity contribution in [3.63, 3.8) is 0 Å². The average Bonchev–Trinajstić information content (AvgIpc) is 3.05. The van der Waals surface area contributed by atoms with Gasteiger partial charge < -0.3 is 19.7 Å². The van der Waals surface area contributed by atoms with Crippen LogP contribution < -0.4 is 19.1 Å². The van der Waals surface area contributed by atoms with E-state index in [2.05, 4.69) is 21.2 Å². The number of nitrogens with zero attached hydrogens (tertiary/aromatic N) is 2. The number of sulfonamides is 1. The first-order valence-corrected chi connectivity index (χ1v) is 16.4. The molecule has 0 aliphatic rings. The molecule has 0 aliphatic carbocycles. The minimum atomic E-state index is -4.25. The summed E-state index contributed by atoms with van der Waals surface area (Å²) in [5.41, 5.74) is 2.71. The highest BCUT2D eigenvalue weighted by atomic mass is 79.9. The van der Waals surface area contributed by atoms with Crippen molar-refractivity contribution >= 4 is 43.5 Å². The maximum Gasteiger partial charge on any atom is 0.264 e. The van der Waals surface area contributed by atoms with Crippen LogP contribution >= 0.6 is 15.9 Å². The van der Waals surface area contributed by atoms with E-state index in [0.29, 0.717) is 11.5 Å². The van der Waals surface area contributed by atoms with E-state index in [4.69, 9.17) is 9.47 Å². The summed E-state index contributed by atoms with van der Waals surface area (Å²) in [5, 5.41) is 2.69. The quantitative estimate of drug-likeness (QED) is 0.202. The fraction of sp³-hybridized carbons (Fsp3) is 0.235. The number of hydrogen-bond acceptors (Lipinski definition) is 6. The Bertz CT molecular complexity index is 1720. The number of ether oxygens (including phenoxy) is 2. The van der Waals surface area contributed by atoms with Crippen LogP contribution in [0.25, 0.3) is 0 Å².